The van der Waals surface area contributed by atoms with Crippen molar-refractivity contribution in [2.45, 2.75) is 30.6 Å². The van der Waals surface area contributed by atoms with E-state index in [0.717, 1.165) is 32.2 Å². The van der Waals surface area contributed by atoms with Gasteiger partial charge in [-0.3, -0.25) is 0 Å². The van der Waals surface area contributed by atoms with E-state index in [1.165, 1.54) is 12.1 Å². The summed E-state index contributed by atoms with van der Waals surface area (Å²) in [5.74, 6) is 0.728. The van der Waals surface area contributed by atoms with Gasteiger partial charge in [-0.05, 0) is 56.2 Å². The Kier molecular flexibility index (Phi) is 5.01. The second-order valence-electron chi connectivity index (χ2n) is 5.44. The van der Waals surface area contributed by atoms with Gasteiger partial charge in [-0.1, -0.05) is 12.1 Å². The number of phenols is 1. The Morgan fingerprint density at radius 2 is 1.75 bits per heavy atom. The molecule has 20 heavy (non-hydrogen) atoms. The van der Waals surface area contributed by atoms with Crippen molar-refractivity contribution in [3.63, 3.8) is 0 Å². The van der Waals surface area contributed by atoms with Crippen molar-refractivity contribution in [3.05, 3.63) is 24.3 Å². The van der Waals surface area contributed by atoms with Gasteiger partial charge in [0.25, 0.3) is 0 Å². The molecule has 5 nitrogen and oxygen atoms in total. The van der Waals surface area contributed by atoms with E-state index in [1.807, 2.05) is 0 Å². The maximum atomic E-state index is 12.1. The summed E-state index contributed by atoms with van der Waals surface area (Å²) >= 11 is 0. The van der Waals surface area contributed by atoms with Crippen LogP contribution in [0, 0.1) is 11.8 Å². The molecule has 0 unspecified atom stereocenters. The average molecular weight is 298 g/mol. The lowest BCUT2D eigenvalue weighted by Gasteiger charge is -2.27. The number of para-hydroxylation sites is 1. The molecule has 4 N–H and O–H groups in total. The molecule has 112 valence electrons. The first-order valence-electron chi connectivity index (χ1n) is 7.00. The lowest BCUT2D eigenvalue weighted by Crippen LogP contribution is -2.32. The van der Waals surface area contributed by atoms with E-state index in [4.69, 9.17) is 5.73 Å². The third kappa shape index (κ3) is 3.71. The maximum Gasteiger partial charge on any atom is 0.244 e. The van der Waals surface area contributed by atoms with Gasteiger partial charge in [0.15, 0.2) is 0 Å². The summed E-state index contributed by atoms with van der Waals surface area (Å²) in [6.07, 6.45) is 4.15. The Morgan fingerprint density at radius 3 is 2.35 bits per heavy atom. The number of hydrogen-bond acceptors (Lipinski definition) is 4. The lowest BCUT2D eigenvalue weighted by atomic mass is 9.82. The molecule has 0 heterocycles. The van der Waals surface area contributed by atoms with E-state index in [9.17, 15) is 13.5 Å². The number of aromatic hydroxyl groups is 1. The average Bonchev–Trinajstić information content (AvgIpc) is 2.46. The first-order valence-corrected chi connectivity index (χ1v) is 8.49. The highest BCUT2D eigenvalue weighted by atomic mass is 32.2. The van der Waals surface area contributed by atoms with Gasteiger partial charge >= 0.3 is 0 Å². The molecule has 0 radical (unpaired) electrons. The van der Waals surface area contributed by atoms with Crippen molar-refractivity contribution in [3.8, 4) is 5.75 Å². The summed E-state index contributed by atoms with van der Waals surface area (Å²) in [6.45, 7) is 1.14. The summed E-state index contributed by atoms with van der Waals surface area (Å²) in [5, 5.41) is 9.62. The van der Waals surface area contributed by atoms with Crippen LogP contribution in [0.5, 0.6) is 5.75 Å². The summed E-state index contributed by atoms with van der Waals surface area (Å²) in [4.78, 5) is -0.0596. The van der Waals surface area contributed by atoms with Crippen LogP contribution in [0.1, 0.15) is 25.7 Å². The zero-order valence-electron chi connectivity index (χ0n) is 11.5. The highest BCUT2D eigenvalue weighted by Gasteiger charge is 2.23. The minimum Gasteiger partial charge on any atom is -0.507 e. The zero-order valence-corrected chi connectivity index (χ0v) is 12.3. The molecule has 0 atom stereocenters. The predicted molar refractivity (Wildman–Crippen MR) is 77.8 cm³/mol. The van der Waals surface area contributed by atoms with Crippen LogP contribution in [0.15, 0.2) is 29.2 Å². The molecular formula is C14H22N2O3S. The zero-order chi connectivity index (χ0) is 14.6. The molecule has 1 fully saturated rings. The number of nitrogens with one attached hydrogen (secondary N) is 1. The minimum atomic E-state index is -3.63. The van der Waals surface area contributed by atoms with Gasteiger partial charge in [0, 0.05) is 6.54 Å². The van der Waals surface area contributed by atoms with E-state index in [-0.39, 0.29) is 10.6 Å². The number of sulfonamides is 1. The van der Waals surface area contributed by atoms with Crippen molar-refractivity contribution >= 4 is 10.0 Å². The number of nitrogens with two attached hydrogens (primary N) is 1. The fraction of sp³-hybridized carbons (Fsp3) is 0.571. The first-order chi connectivity index (χ1) is 9.53. The Morgan fingerprint density at radius 1 is 1.15 bits per heavy atom. The van der Waals surface area contributed by atoms with Crippen LogP contribution in [0.25, 0.3) is 0 Å². The topological polar surface area (TPSA) is 92.4 Å². The third-order valence-electron chi connectivity index (χ3n) is 4.02. The van der Waals surface area contributed by atoms with E-state index < -0.39 is 10.0 Å². The molecule has 1 aromatic rings. The monoisotopic (exact) mass is 298 g/mol. The van der Waals surface area contributed by atoms with E-state index >= 15 is 0 Å². The fourth-order valence-electron chi connectivity index (χ4n) is 2.66. The van der Waals surface area contributed by atoms with E-state index in [2.05, 4.69) is 4.72 Å². The van der Waals surface area contributed by atoms with Crippen LogP contribution in [0.3, 0.4) is 0 Å². The molecule has 2 rings (SSSR count). The second-order valence-corrected chi connectivity index (χ2v) is 7.18. The van der Waals surface area contributed by atoms with Gasteiger partial charge in [-0.2, -0.15) is 0 Å². The lowest BCUT2D eigenvalue weighted by molar-refractivity contribution is 0.280. The van der Waals surface area contributed by atoms with Crippen LogP contribution in [-0.4, -0.2) is 26.6 Å². The summed E-state index contributed by atoms with van der Waals surface area (Å²) in [7, 11) is -3.63. The molecule has 1 aliphatic carbocycles. The molecule has 0 spiro atoms. The van der Waals surface area contributed by atoms with Crippen molar-refractivity contribution in [2.24, 2.45) is 17.6 Å². The minimum absolute atomic E-state index is 0.0596. The number of rotatable bonds is 5. The highest BCUT2D eigenvalue weighted by molar-refractivity contribution is 7.89. The number of benzene rings is 1. The third-order valence-corrected chi connectivity index (χ3v) is 5.49. The molecule has 0 bridgehead atoms. The van der Waals surface area contributed by atoms with Gasteiger partial charge in [-0.15, -0.1) is 0 Å². The number of phenolic OH excluding ortho intramolecular Hbond substituents is 1. The Hall–Kier alpha value is -1.11. The first kappa shape index (κ1) is 15.3. The standard InChI is InChI=1S/C14H22N2O3S/c15-9-11-5-7-12(8-6-11)10-16-20(18,19)14-4-2-1-3-13(14)17/h1-4,11-12,16-17H,5-10,15H2/t11-,12-. The molecule has 0 saturated heterocycles. The number of hydrogen-bond donors (Lipinski definition) is 3. The molecule has 1 aromatic carbocycles. The Balaban J connectivity index is 1.92. The van der Waals surface area contributed by atoms with Crippen LogP contribution < -0.4 is 10.5 Å². The van der Waals surface area contributed by atoms with Crippen LogP contribution >= 0.6 is 0 Å². The van der Waals surface area contributed by atoms with Gasteiger partial charge in [0.1, 0.15) is 10.6 Å². The fourth-order valence-corrected chi connectivity index (χ4v) is 3.87. The Bertz CT molecular complexity index is 537. The molecule has 0 aliphatic heterocycles. The normalized spacial score (nSPS) is 23.6. The predicted octanol–water partition coefficient (Wildman–Crippen LogP) is 1.44. The van der Waals surface area contributed by atoms with Crippen molar-refractivity contribution in [1.29, 1.82) is 0 Å². The molecule has 1 aliphatic rings. The molecule has 0 amide bonds. The smallest absolute Gasteiger partial charge is 0.244 e. The second kappa shape index (κ2) is 6.56. The van der Waals surface area contributed by atoms with Crippen LogP contribution in [0.2, 0.25) is 0 Å². The van der Waals surface area contributed by atoms with E-state index in [1.54, 1.807) is 12.1 Å². The highest BCUT2D eigenvalue weighted by Crippen LogP contribution is 2.28. The SMILES string of the molecule is NC[C@H]1CC[C@H](CNS(=O)(=O)c2ccccc2O)CC1. The van der Waals surface area contributed by atoms with Crippen LogP contribution in [0.4, 0.5) is 0 Å². The van der Waals surface area contributed by atoms with Crippen molar-refractivity contribution in [1.82, 2.24) is 4.72 Å². The molecule has 6 heteroatoms. The molecule has 0 aromatic heterocycles. The maximum absolute atomic E-state index is 12.1. The van der Waals surface area contributed by atoms with Gasteiger partial charge in [-0.25, -0.2) is 13.1 Å². The van der Waals surface area contributed by atoms with Crippen molar-refractivity contribution in [2.75, 3.05) is 13.1 Å². The van der Waals surface area contributed by atoms with Gasteiger partial charge in [0.05, 0.1) is 0 Å². The van der Waals surface area contributed by atoms with Gasteiger partial charge in [0.2, 0.25) is 10.0 Å². The summed E-state index contributed by atoms with van der Waals surface area (Å²) < 4.78 is 26.8. The van der Waals surface area contributed by atoms with Crippen LogP contribution in [-0.2, 0) is 10.0 Å². The summed E-state index contributed by atoms with van der Waals surface area (Å²) in [6, 6.07) is 5.98. The van der Waals surface area contributed by atoms with Crippen molar-refractivity contribution < 1.29 is 13.5 Å². The van der Waals surface area contributed by atoms with E-state index in [0.29, 0.717) is 18.4 Å². The molecular weight excluding hydrogens is 276 g/mol. The van der Waals surface area contributed by atoms with Gasteiger partial charge < -0.3 is 10.8 Å². The molecule has 1 saturated carbocycles. The Labute approximate surface area is 120 Å². The summed E-state index contributed by atoms with van der Waals surface area (Å²) in [5.41, 5.74) is 5.65. The quantitative estimate of drug-likeness (QED) is 0.767. The largest absolute Gasteiger partial charge is 0.507 e.